The third-order valence-corrected chi connectivity index (χ3v) is 6.41. The molecular weight excluding hydrogens is 380 g/mol. The smallest absolute Gasteiger partial charge is 0.226 e. The fourth-order valence-electron chi connectivity index (χ4n) is 4.21. The van der Waals surface area contributed by atoms with Crippen LogP contribution >= 0.6 is 11.3 Å². The lowest BCUT2D eigenvalue weighted by molar-refractivity contribution is 0.223. The van der Waals surface area contributed by atoms with E-state index in [0.717, 1.165) is 34.1 Å². The van der Waals surface area contributed by atoms with Crippen LogP contribution in [0.4, 0.5) is 5.95 Å². The van der Waals surface area contributed by atoms with E-state index in [1.807, 2.05) is 10.7 Å². The molecule has 1 N–H and O–H groups in total. The predicted molar refractivity (Wildman–Crippen MR) is 114 cm³/mol. The zero-order chi connectivity index (χ0) is 19.4. The van der Waals surface area contributed by atoms with Gasteiger partial charge in [-0.1, -0.05) is 48.0 Å². The second-order valence-electron chi connectivity index (χ2n) is 7.31. The third kappa shape index (κ3) is 2.53. The minimum atomic E-state index is -0.210. The summed E-state index contributed by atoms with van der Waals surface area (Å²) < 4.78 is 8.57. The fraction of sp³-hybridized carbons (Fsp3) is 0.130. The van der Waals surface area contributed by atoms with Gasteiger partial charge in [0.1, 0.15) is 24.2 Å². The number of fused-ring (bicyclic) bond motifs is 3. The molecule has 2 aliphatic heterocycles. The first kappa shape index (κ1) is 16.6. The van der Waals surface area contributed by atoms with Gasteiger partial charge >= 0.3 is 0 Å². The number of aromatic nitrogens is 3. The van der Waals surface area contributed by atoms with Crippen molar-refractivity contribution in [3.05, 3.63) is 99.5 Å². The lowest BCUT2D eigenvalue weighted by Crippen LogP contribution is -2.32. The maximum Gasteiger partial charge on any atom is 0.226 e. The summed E-state index contributed by atoms with van der Waals surface area (Å²) in [5.41, 5.74) is 5.62. The van der Waals surface area contributed by atoms with Crippen molar-refractivity contribution in [2.24, 2.45) is 0 Å². The Morgan fingerprint density at radius 3 is 2.79 bits per heavy atom. The lowest BCUT2D eigenvalue weighted by Gasteiger charge is -2.38. The Labute approximate surface area is 172 Å². The summed E-state index contributed by atoms with van der Waals surface area (Å²) in [6.45, 7) is 2.10. The van der Waals surface area contributed by atoms with Crippen LogP contribution in [-0.2, 0) is 0 Å². The molecule has 2 unspecified atom stereocenters. The highest BCUT2D eigenvalue weighted by Crippen LogP contribution is 2.51. The molecule has 29 heavy (non-hydrogen) atoms. The monoisotopic (exact) mass is 398 g/mol. The van der Waals surface area contributed by atoms with Gasteiger partial charge in [0.25, 0.3) is 0 Å². The van der Waals surface area contributed by atoms with Crippen LogP contribution in [0.2, 0.25) is 0 Å². The molecule has 0 bridgehead atoms. The summed E-state index contributed by atoms with van der Waals surface area (Å²) in [5.74, 6) is 1.64. The van der Waals surface area contributed by atoms with Crippen LogP contribution in [0.5, 0.6) is 5.75 Å². The molecule has 142 valence electrons. The summed E-state index contributed by atoms with van der Waals surface area (Å²) in [5, 5.41) is 10.2. The number of nitrogens with one attached hydrogen (secondary N) is 1. The molecule has 6 rings (SSSR count). The second-order valence-corrected chi connectivity index (χ2v) is 8.29. The van der Waals surface area contributed by atoms with Crippen LogP contribution in [0.3, 0.4) is 0 Å². The van der Waals surface area contributed by atoms with E-state index in [2.05, 4.69) is 82.3 Å². The van der Waals surface area contributed by atoms with Crippen molar-refractivity contribution in [2.45, 2.75) is 19.1 Å². The van der Waals surface area contributed by atoms with Gasteiger partial charge in [-0.15, -0.1) is 11.3 Å². The van der Waals surface area contributed by atoms with E-state index in [-0.39, 0.29) is 12.1 Å². The molecule has 0 amide bonds. The number of aryl methyl sites for hydroxylation is 1. The quantitative estimate of drug-likeness (QED) is 0.504. The lowest BCUT2D eigenvalue weighted by atomic mass is 9.86. The van der Waals surface area contributed by atoms with Crippen LogP contribution in [0, 0.1) is 6.92 Å². The van der Waals surface area contributed by atoms with E-state index in [4.69, 9.17) is 4.74 Å². The third-order valence-electron chi connectivity index (χ3n) is 5.48. The molecule has 0 fully saturated rings. The van der Waals surface area contributed by atoms with Crippen LogP contribution in [0.1, 0.15) is 33.7 Å². The Morgan fingerprint density at radius 1 is 1.07 bits per heavy atom. The summed E-state index contributed by atoms with van der Waals surface area (Å²) in [6, 6.07) is 20.9. The zero-order valence-corrected chi connectivity index (χ0v) is 16.6. The number of rotatable bonds is 2. The minimum absolute atomic E-state index is 0.0670. The van der Waals surface area contributed by atoms with E-state index in [1.165, 1.54) is 10.4 Å². The Balaban J connectivity index is 1.65. The highest BCUT2D eigenvalue weighted by atomic mass is 32.1. The molecule has 2 aromatic carbocycles. The van der Waals surface area contributed by atoms with E-state index in [0.29, 0.717) is 0 Å². The molecule has 2 aromatic heterocycles. The van der Waals surface area contributed by atoms with Gasteiger partial charge in [-0.25, -0.2) is 4.68 Å². The van der Waals surface area contributed by atoms with Crippen molar-refractivity contribution in [1.29, 1.82) is 0 Å². The largest absolute Gasteiger partial charge is 0.480 e. The van der Waals surface area contributed by atoms with Crippen molar-refractivity contribution >= 4 is 23.0 Å². The van der Waals surface area contributed by atoms with Gasteiger partial charge in [0, 0.05) is 16.0 Å². The van der Waals surface area contributed by atoms with Crippen molar-refractivity contribution in [1.82, 2.24) is 14.8 Å². The van der Waals surface area contributed by atoms with Gasteiger partial charge in [-0.3, -0.25) is 0 Å². The topological polar surface area (TPSA) is 52.0 Å². The highest BCUT2D eigenvalue weighted by molar-refractivity contribution is 7.10. The van der Waals surface area contributed by atoms with Gasteiger partial charge in [-0.05, 0) is 36.1 Å². The number of thiophene rings is 1. The highest BCUT2D eigenvalue weighted by Gasteiger charge is 2.41. The Bertz CT molecular complexity index is 1230. The summed E-state index contributed by atoms with van der Waals surface area (Å²) in [7, 11) is 0. The summed E-state index contributed by atoms with van der Waals surface area (Å²) in [4.78, 5) is 5.69. The van der Waals surface area contributed by atoms with E-state index >= 15 is 0 Å². The molecule has 5 nitrogen and oxygen atoms in total. The van der Waals surface area contributed by atoms with Crippen molar-refractivity contribution in [3.8, 4) is 5.75 Å². The summed E-state index contributed by atoms with van der Waals surface area (Å²) >= 11 is 1.73. The van der Waals surface area contributed by atoms with Crippen LogP contribution < -0.4 is 10.1 Å². The number of hydrogen-bond acceptors (Lipinski definition) is 5. The first-order chi connectivity index (χ1) is 14.3. The van der Waals surface area contributed by atoms with Gasteiger partial charge in [0.2, 0.25) is 5.95 Å². The van der Waals surface area contributed by atoms with Crippen LogP contribution in [0.15, 0.2) is 77.9 Å². The van der Waals surface area contributed by atoms with Crippen molar-refractivity contribution in [2.75, 3.05) is 5.32 Å². The Morgan fingerprint density at radius 2 is 1.97 bits per heavy atom. The number of ether oxygens (including phenoxy) is 1. The average molecular weight is 398 g/mol. The van der Waals surface area contributed by atoms with Crippen LogP contribution in [-0.4, -0.2) is 14.8 Å². The number of hydrogen-bond donors (Lipinski definition) is 1. The van der Waals surface area contributed by atoms with Crippen molar-refractivity contribution in [3.63, 3.8) is 0 Å². The first-order valence-corrected chi connectivity index (χ1v) is 10.4. The molecule has 2 aliphatic rings. The maximum atomic E-state index is 6.61. The molecule has 0 radical (unpaired) electrons. The number of nitrogens with zero attached hydrogens (tertiary/aromatic N) is 3. The predicted octanol–water partition coefficient (Wildman–Crippen LogP) is 5.21. The maximum absolute atomic E-state index is 6.61. The molecule has 0 spiro atoms. The number of anilines is 1. The Kier molecular flexibility index (Phi) is 3.61. The molecule has 4 aromatic rings. The molecule has 2 atom stereocenters. The Hall–Kier alpha value is -3.38. The minimum Gasteiger partial charge on any atom is -0.480 e. The van der Waals surface area contributed by atoms with E-state index in [1.54, 1.807) is 17.7 Å². The SMILES string of the molecule is Cc1ccc2c(c1)C1=C(C(c3ccccc3)O2)C(c2cccs2)n2ncnc2N1. The van der Waals surface area contributed by atoms with Gasteiger partial charge < -0.3 is 10.1 Å². The van der Waals surface area contributed by atoms with Gasteiger partial charge in [0.15, 0.2) is 0 Å². The molecule has 0 saturated carbocycles. The standard InChI is InChI=1S/C23H18N4OS/c1-14-9-10-17-16(12-14)20-19(22(28-17)15-6-3-2-4-7-15)21(18-8-5-11-29-18)27-23(26-20)24-13-25-27/h2-13,21-22H,1H3,(H,24,25,26). The normalized spacial score (nSPS) is 19.6. The zero-order valence-electron chi connectivity index (χ0n) is 15.7. The van der Waals surface area contributed by atoms with E-state index < -0.39 is 0 Å². The van der Waals surface area contributed by atoms with Gasteiger partial charge in [0.05, 0.1) is 5.70 Å². The molecule has 6 heteroatoms. The van der Waals surface area contributed by atoms with E-state index in [9.17, 15) is 0 Å². The number of benzene rings is 2. The van der Waals surface area contributed by atoms with Gasteiger partial charge in [-0.2, -0.15) is 10.1 Å². The molecule has 0 saturated heterocycles. The summed E-state index contributed by atoms with van der Waals surface area (Å²) in [6.07, 6.45) is 1.40. The first-order valence-electron chi connectivity index (χ1n) is 9.56. The van der Waals surface area contributed by atoms with Crippen LogP contribution in [0.25, 0.3) is 5.70 Å². The molecule has 0 aliphatic carbocycles. The average Bonchev–Trinajstić information content (AvgIpc) is 3.44. The van der Waals surface area contributed by atoms with Crippen molar-refractivity contribution < 1.29 is 4.74 Å². The second kappa shape index (κ2) is 6.32. The molecular formula is C23H18N4OS. The molecule has 4 heterocycles. The fourth-order valence-corrected chi connectivity index (χ4v) is 5.03.